The number of nitrogens with zero attached hydrogens (tertiary/aromatic N) is 3. The molecule has 0 aliphatic carbocycles. The molecule has 3 rings (SSSR count). The molecule has 0 radical (unpaired) electrons. The van der Waals surface area contributed by atoms with Crippen molar-refractivity contribution in [1.29, 1.82) is 0 Å². The number of amides is 1. The first-order chi connectivity index (χ1) is 16.0. The number of esters is 1. The van der Waals surface area contributed by atoms with Crippen LogP contribution in [-0.4, -0.2) is 49.8 Å². The van der Waals surface area contributed by atoms with E-state index in [1.807, 2.05) is 52.0 Å². The average Bonchev–Trinajstić information content (AvgIpc) is 2.73. The molecule has 34 heavy (non-hydrogen) atoms. The lowest BCUT2D eigenvalue weighted by Gasteiger charge is -2.51. The molecular weight excluding hydrogens is 434 g/mol. The number of ether oxygens (including phenoxy) is 1. The van der Waals surface area contributed by atoms with Crippen LogP contribution in [0, 0.1) is 0 Å². The minimum atomic E-state index is -0.652. The van der Waals surface area contributed by atoms with Crippen LogP contribution in [0.1, 0.15) is 72.4 Å². The molecule has 0 atom stereocenters. The fourth-order valence-electron chi connectivity index (χ4n) is 5.13. The predicted octanol–water partition coefficient (Wildman–Crippen LogP) is 3.42. The second kappa shape index (κ2) is 10.1. The number of fused-ring (bicyclic) bond motifs is 1. The zero-order chi connectivity index (χ0) is 25.1. The number of hydrogen-bond acceptors (Lipinski definition) is 6. The van der Waals surface area contributed by atoms with E-state index in [1.54, 1.807) is 9.47 Å². The third-order valence-corrected chi connectivity index (χ3v) is 6.30. The highest BCUT2D eigenvalue weighted by Crippen LogP contribution is 2.36. The maximum atomic E-state index is 13.0. The SMILES string of the molecule is CCCCn1c(=O)c(CCC(=O)OCC(=O)N2C(C)(C)CC(=O)CC2(C)C)nc2ccccc21. The van der Waals surface area contributed by atoms with Crippen molar-refractivity contribution in [2.75, 3.05) is 6.61 Å². The molecule has 0 unspecified atom stereocenters. The number of carbonyl (C=O) groups is 3. The molecule has 1 aromatic carbocycles. The van der Waals surface area contributed by atoms with Crippen LogP contribution in [0.15, 0.2) is 29.1 Å². The van der Waals surface area contributed by atoms with Gasteiger partial charge in [0.05, 0.1) is 17.5 Å². The first-order valence-electron chi connectivity index (χ1n) is 12.0. The number of ketones is 1. The summed E-state index contributed by atoms with van der Waals surface area (Å²) < 4.78 is 6.98. The Bertz CT molecular complexity index is 1130. The predicted molar refractivity (Wildman–Crippen MR) is 129 cm³/mol. The minimum Gasteiger partial charge on any atom is -0.456 e. The number of unbranched alkanes of at least 4 members (excludes halogenated alkanes) is 1. The Kier molecular flexibility index (Phi) is 7.58. The van der Waals surface area contributed by atoms with Gasteiger partial charge in [-0.2, -0.15) is 0 Å². The van der Waals surface area contributed by atoms with Gasteiger partial charge in [0.1, 0.15) is 11.5 Å². The molecular formula is C26H35N3O5. The Morgan fingerprint density at radius 2 is 1.71 bits per heavy atom. The zero-order valence-corrected chi connectivity index (χ0v) is 20.8. The Balaban J connectivity index is 1.66. The van der Waals surface area contributed by atoms with Crippen molar-refractivity contribution >= 4 is 28.7 Å². The quantitative estimate of drug-likeness (QED) is 0.550. The number of benzene rings is 1. The number of carbonyl (C=O) groups excluding carboxylic acids is 3. The summed E-state index contributed by atoms with van der Waals surface area (Å²) in [7, 11) is 0. The average molecular weight is 470 g/mol. The molecule has 184 valence electrons. The Labute approximate surface area is 200 Å². The minimum absolute atomic E-state index is 0.0487. The first-order valence-corrected chi connectivity index (χ1v) is 12.0. The number of para-hydroxylation sites is 2. The number of aromatic nitrogens is 2. The zero-order valence-electron chi connectivity index (χ0n) is 20.8. The van der Waals surface area contributed by atoms with Crippen LogP contribution < -0.4 is 5.56 Å². The number of piperidine rings is 1. The molecule has 1 saturated heterocycles. The van der Waals surface area contributed by atoms with E-state index < -0.39 is 23.7 Å². The summed E-state index contributed by atoms with van der Waals surface area (Å²) in [4.78, 5) is 56.6. The topological polar surface area (TPSA) is 98.6 Å². The molecule has 1 aliphatic rings. The molecule has 2 heterocycles. The number of hydrogen-bond donors (Lipinski definition) is 0. The van der Waals surface area contributed by atoms with E-state index in [0.29, 0.717) is 17.8 Å². The molecule has 8 heteroatoms. The third-order valence-electron chi connectivity index (χ3n) is 6.30. The van der Waals surface area contributed by atoms with E-state index in [9.17, 15) is 19.2 Å². The maximum Gasteiger partial charge on any atom is 0.306 e. The van der Waals surface area contributed by atoms with Crippen LogP contribution in [0.3, 0.4) is 0 Å². The van der Waals surface area contributed by atoms with Crippen LogP contribution >= 0.6 is 0 Å². The van der Waals surface area contributed by atoms with Gasteiger partial charge in [-0.05, 0) is 46.2 Å². The van der Waals surface area contributed by atoms with Gasteiger partial charge in [-0.15, -0.1) is 0 Å². The molecule has 0 bridgehead atoms. The molecule has 0 spiro atoms. The van der Waals surface area contributed by atoms with Crippen molar-refractivity contribution in [2.24, 2.45) is 0 Å². The molecule has 0 saturated carbocycles. The van der Waals surface area contributed by atoms with E-state index in [2.05, 4.69) is 11.9 Å². The molecule has 8 nitrogen and oxygen atoms in total. The summed E-state index contributed by atoms with van der Waals surface area (Å²) in [6.45, 7) is 9.65. The largest absolute Gasteiger partial charge is 0.456 e. The van der Waals surface area contributed by atoms with Crippen LogP contribution in [0.5, 0.6) is 0 Å². The van der Waals surface area contributed by atoms with Crippen LogP contribution in [0.4, 0.5) is 0 Å². The fourth-order valence-corrected chi connectivity index (χ4v) is 5.13. The molecule has 1 aliphatic heterocycles. The lowest BCUT2D eigenvalue weighted by Crippen LogP contribution is -2.63. The Hall–Kier alpha value is -3.03. The molecule has 1 fully saturated rings. The summed E-state index contributed by atoms with van der Waals surface area (Å²) in [5.74, 6) is -0.781. The van der Waals surface area contributed by atoms with Gasteiger partial charge in [-0.1, -0.05) is 25.5 Å². The Morgan fingerprint density at radius 1 is 1.06 bits per heavy atom. The number of Topliss-reactive ketones (excluding diaryl/α,β-unsaturated/α-hetero) is 1. The van der Waals surface area contributed by atoms with Crippen molar-refractivity contribution in [2.45, 2.75) is 90.8 Å². The van der Waals surface area contributed by atoms with Crippen molar-refractivity contribution in [1.82, 2.24) is 14.5 Å². The van der Waals surface area contributed by atoms with Crippen molar-refractivity contribution < 1.29 is 19.1 Å². The van der Waals surface area contributed by atoms with Crippen LogP contribution in [-0.2, 0) is 32.1 Å². The van der Waals surface area contributed by atoms with Crippen molar-refractivity contribution in [3.63, 3.8) is 0 Å². The van der Waals surface area contributed by atoms with Gasteiger partial charge in [0, 0.05) is 36.9 Å². The van der Waals surface area contributed by atoms with Gasteiger partial charge in [0.2, 0.25) is 0 Å². The summed E-state index contributed by atoms with van der Waals surface area (Å²) in [6, 6.07) is 7.47. The number of rotatable bonds is 8. The lowest BCUT2D eigenvalue weighted by molar-refractivity contribution is -0.163. The van der Waals surface area contributed by atoms with Gasteiger partial charge in [-0.3, -0.25) is 19.2 Å². The normalized spacial score (nSPS) is 17.1. The second-order valence-corrected chi connectivity index (χ2v) is 10.3. The van der Waals surface area contributed by atoms with E-state index in [4.69, 9.17) is 4.74 Å². The van der Waals surface area contributed by atoms with Gasteiger partial charge < -0.3 is 14.2 Å². The van der Waals surface area contributed by atoms with Gasteiger partial charge in [-0.25, -0.2) is 4.98 Å². The number of aryl methyl sites for hydroxylation is 2. The molecule has 0 N–H and O–H groups in total. The molecule has 1 aromatic heterocycles. The summed E-state index contributed by atoms with van der Waals surface area (Å²) in [6.07, 6.45) is 2.46. The molecule has 2 aromatic rings. The van der Waals surface area contributed by atoms with Crippen molar-refractivity contribution in [3.05, 3.63) is 40.3 Å². The highest BCUT2D eigenvalue weighted by atomic mass is 16.5. The van der Waals surface area contributed by atoms with Gasteiger partial charge in [0.25, 0.3) is 11.5 Å². The first kappa shape index (κ1) is 25.6. The van der Waals surface area contributed by atoms with Crippen molar-refractivity contribution in [3.8, 4) is 0 Å². The molecule has 1 amide bonds. The van der Waals surface area contributed by atoms with E-state index in [-0.39, 0.29) is 42.9 Å². The third kappa shape index (κ3) is 5.54. The highest BCUT2D eigenvalue weighted by Gasteiger charge is 2.47. The number of likely N-dealkylation sites (tertiary alicyclic amines) is 1. The summed E-state index contributed by atoms with van der Waals surface area (Å²) in [5, 5.41) is 0. The monoisotopic (exact) mass is 469 g/mol. The van der Waals surface area contributed by atoms with E-state index >= 15 is 0 Å². The van der Waals surface area contributed by atoms with E-state index in [0.717, 1.165) is 18.4 Å². The summed E-state index contributed by atoms with van der Waals surface area (Å²) in [5.41, 5.74) is 0.304. The smallest absolute Gasteiger partial charge is 0.306 e. The van der Waals surface area contributed by atoms with E-state index in [1.165, 1.54) is 0 Å². The Morgan fingerprint density at radius 3 is 2.35 bits per heavy atom. The van der Waals surface area contributed by atoms with Crippen LogP contribution in [0.25, 0.3) is 11.0 Å². The maximum absolute atomic E-state index is 13.0. The highest BCUT2D eigenvalue weighted by molar-refractivity contribution is 5.88. The summed E-state index contributed by atoms with van der Waals surface area (Å²) >= 11 is 0. The fraction of sp³-hybridized carbons (Fsp3) is 0.577. The van der Waals surface area contributed by atoms with Gasteiger partial charge in [0.15, 0.2) is 6.61 Å². The second-order valence-electron chi connectivity index (χ2n) is 10.3. The van der Waals surface area contributed by atoms with Gasteiger partial charge >= 0.3 is 5.97 Å². The van der Waals surface area contributed by atoms with Crippen LogP contribution in [0.2, 0.25) is 0 Å². The lowest BCUT2D eigenvalue weighted by atomic mass is 9.79. The standard InChI is InChI=1S/C26H35N3O5/c1-6-7-14-28-21-11-9-8-10-19(21)27-20(24(28)33)12-13-23(32)34-17-22(31)29-25(2,3)15-18(30)16-26(29,4)5/h8-11H,6-7,12-17H2,1-5H3.